The smallest absolute Gasteiger partial charge is 0.229 e. The molecule has 2 atom stereocenters. The molecule has 26 heavy (non-hydrogen) atoms. The minimum absolute atomic E-state index is 0.0509. The highest BCUT2D eigenvalue weighted by atomic mass is 16.5. The van der Waals surface area contributed by atoms with Gasteiger partial charge in [-0.1, -0.05) is 13.8 Å². The van der Waals surface area contributed by atoms with Crippen molar-refractivity contribution in [3.63, 3.8) is 0 Å². The normalized spacial score (nSPS) is 21.7. The Kier molecular flexibility index (Phi) is 5.39. The average molecular weight is 360 g/mol. The number of anilines is 1. The number of nitrogens with one attached hydrogen (secondary N) is 1. The standard InChI is InChI=1S/C20H28N2O4/c1-5-25-18-7-14-6-13(4)26-17(14)9-16(18)21-20(24)15-8-19(23)22(11-15)10-12(2)3/h7,9,12-13,15H,5-6,8,10-11H2,1-4H3,(H,21,24)/t13-,15-/m0/s1. The van der Waals surface area contributed by atoms with Crippen LogP contribution in [0.2, 0.25) is 0 Å². The van der Waals surface area contributed by atoms with E-state index in [-0.39, 0.29) is 30.3 Å². The molecule has 0 aromatic heterocycles. The lowest BCUT2D eigenvalue weighted by molar-refractivity contribution is -0.128. The van der Waals surface area contributed by atoms with Crippen LogP contribution in [0.4, 0.5) is 5.69 Å². The zero-order valence-corrected chi connectivity index (χ0v) is 16.0. The van der Waals surface area contributed by atoms with Gasteiger partial charge < -0.3 is 19.7 Å². The third kappa shape index (κ3) is 3.94. The number of hydrogen-bond donors (Lipinski definition) is 1. The fraction of sp³-hybridized carbons (Fsp3) is 0.600. The van der Waals surface area contributed by atoms with Crippen molar-refractivity contribution in [2.24, 2.45) is 11.8 Å². The molecule has 6 nitrogen and oxygen atoms in total. The van der Waals surface area contributed by atoms with Gasteiger partial charge in [0.15, 0.2) is 0 Å². The summed E-state index contributed by atoms with van der Waals surface area (Å²) in [6.45, 7) is 9.76. The first kappa shape index (κ1) is 18.5. The Morgan fingerprint density at radius 1 is 1.38 bits per heavy atom. The van der Waals surface area contributed by atoms with E-state index in [0.29, 0.717) is 37.1 Å². The van der Waals surface area contributed by atoms with Crippen LogP contribution >= 0.6 is 0 Å². The van der Waals surface area contributed by atoms with Crippen molar-refractivity contribution in [3.8, 4) is 11.5 Å². The quantitative estimate of drug-likeness (QED) is 0.847. The maximum Gasteiger partial charge on any atom is 0.229 e. The summed E-state index contributed by atoms with van der Waals surface area (Å²) in [4.78, 5) is 26.6. The fourth-order valence-corrected chi connectivity index (χ4v) is 3.61. The molecule has 3 rings (SSSR count). The third-order valence-electron chi connectivity index (χ3n) is 4.73. The van der Waals surface area contributed by atoms with E-state index in [1.807, 2.05) is 26.0 Å². The van der Waals surface area contributed by atoms with Crippen LogP contribution in [0.3, 0.4) is 0 Å². The predicted octanol–water partition coefficient (Wildman–Crippen LogP) is 2.85. The number of ether oxygens (including phenoxy) is 2. The first-order valence-electron chi connectivity index (χ1n) is 9.42. The molecule has 142 valence electrons. The topological polar surface area (TPSA) is 67.9 Å². The lowest BCUT2D eigenvalue weighted by Gasteiger charge is -2.19. The Balaban J connectivity index is 1.73. The van der Waals surface area contributed by atoms with Crippen molar-refractivity contribution in [1.82, 2.24) is 4.90 Å². The summed E-state index contributed by atoms with van der Waals surface area (Å²) in [6.07, 6.45) is 1.23. The molecule has 1 fully saturated rings. The molecule has 0 spiro atoms. The summed E-state index contributed by atoms with van der Waals surface area (Å²) in [6, 6.07) is 3.78. The third-order valence-corrected chi connectivity index (χ3v) is 4.73. The van der Waals surface area contributed by atoms with Crippen molar-refractivity contribution in [2.75, 3.05) is 25.0 Å². The van der Waals surface area contributed by atoms with Gasteiger partial charge in [0, 0.05) is 37.6 Å². The molecule has 2 heterocycles. The van der Waals surface area contributed by atoms with Crippen LogP contribution in [0.5, 0.6) is 11.5 Å². The van der Waals surface area contributed by atoms with Crippen LogP contribution in [0, 0.1) is 11.8 Å². The number of rotatable bonds is 6. The number of likely N-dealkylation sites (tertiary alicyclic amines) is 1. The van der Waals surface area contributed by atoms with Gasteiger partial charge in [-0.25, -0.2) is 0 Å². The van der Waals surface area contributed by atoms with Crippen molar-refractivity contribution in [2.45, 2.75) is 46.6 Å². The summed E-state index contributed by atoms with van der Waals surface area (Å²) in [5.41, 5.74) is 1.71. The SMILES string of the molecule is CCOc1cc2c(cc1NC(=O)[C@H]1CC(=O)N(CC(C)C)C1)O[C@@H](C)C2. The molecule has 0 bridgehead atoms. The molecule has 0 aliphatic carbocycles. The summed E-state index contributed by atoms with van der Waals surface area (Å²) in [5, 5.41) is 2.95. The molecule has 1 N–H and O–H groups in total. The molecule has 2 amide bonds. The second kappa shape index (κ2) is 7.56. The molecule has 0 unspecified atom stereocenters. The van der Waals surface area contributed by atoms with Gasteiger partial charge in [-0.3, -0.25) is 9.59 Å². The zero-order valence-electron chi connectivity index (χ0n) is 16.0. The molecule has 1 aromatic carbocycles. The van der Waals surface area contributed by atoms with E-state index in [1.165, 1.54) is 0 Å². The summed E-state index contributed by atoms with van der Waals surface area (Å²) in [7, 11) is 0. The van der Waals surface area contributed by atoms with Crippen LogP contribution in [0.25, 0.3) is 0 Å². The largest absolute Gasteiger partial charge is 0.492 e. The summed E-state index contributed by atoms with van der Waals surface area (Å²) >= 11 is 0. The summed E-state index contributed by atoms with van der Waals surface area (Å²) < 4.78 is 11.5. The highest BCUT2D eigenvalue weighted by Gasteiger charge is 2.35. The van der Waals surface area contributed by atoms with E-state index < -0.39 is 0 Å². The first-order valence-corrected chi connectivity index (χ1v) is 9.42. The number of carbonyl (C=O) groups excluding carboxylic acids is 2. The molecule has 6 heteroatoms. The number of hydrogen-bond acceptors (Lipinski definition) is 4. The van der Waals surface area contributed by atoms with Crippen LogP contribution in [0.15, 0.2) is 12.1 Å². The van der Waals surface area contributed by atoms with Gasteiger partial charge in [0.2, 0.25) is 11.8 Å². The second-order valence-corrected chi connectivity index (χ2v) is 7.60. The van der Waals surface area contributed by atoms with E-state index in [2.05, 4.69) is 19.2 Å². The van der Waals surface area contributed by atoms with Gasteiger partial charge >= 0.3 is 0 Å². The van der Waals surface area contributed by atoms with E-state index in [9.17, 15) is 9.59 Å². The number of nitrogens with zero attached hydrogens (tertiary/aromatic N) is 1. The molecular weight excluding hydrogens is 332 g/mol. The predicted molar refractivity (Wildman–Crippen MR) is 99.6 cm³/mol. The fourth-order valence-electron chi connectivity index (χ4n) is 3.61. The van der Waals surface area contributed by atoms with Crippen LogP contribution in [-0.4, -0.2) is 42.5 Å². The van der Waals surface area contributed by atoms with Gasteiger partial charge in [0.05, 0.1) is 18.2 Å². The van der Waals surface area contributed by atoms with Crippen molar-refractivity contribution in [3.05, 3.63) is 17.7 Å². The molecule has 1 saturated heterocycles. The Morgan fingerprint density at radius 3 is 2.85 bits per heavy atom. The van der Waals surface area contributed by atoms with Crippen molar-refractivity contribution in [1.29, 1.82) is 0 Å². The van der Waals surface area contributed by atoms with Crippen molar-refractivity contribution < 1.29 is 19.1 Å². The van der Waals surface area contributed by atoms with E-state index in [4.69, 9.17) is 9.47 Å². The minimum Gasteiger partial charge on any atom is -0.492 e. The van der Waals surface area contributed by atoms with E-state index >= 15 is 0 Å². The number of fused-ring (bicyclic) bond motifs is 1. The van der Waals surface area contributed by atoms with Gasteiger partial charge in [-0.2, -0.15) is 0 Å². The molecular formula is C20H28N2O4. The maximum atomic E-state index is 12.7. The monoisotopic (exact) mass is 360 g/mol. The first-order chi connectivity index (χ1) is 12.4. The molecule has 2 aliphatic rings. The Labute approximate surface area is 154 Å². The van der Waals surface area contributed by atoms with E-state index in [1.54, 1.807) is 4.90 Å². The number of amides is 2. The Hall–Kier alpha value is -2.24. The zero-order chi connectivity index (χ0) is 18.8. The number of carbonyl (C=O) groups is 2. The molecule has 0 radical (unpaired) electrons. The van der Waals surface area contributed by atoms with Crippen molar-refractivity contribution >= 4 is 17.5 Å². The average Bonchev–Trinajstić information content (AvgIpc) is 3.09. The molecule has 0 saturated carbocycles. The Bertz CT molecular complexity index is 701. The van der Waals surface area contributed by atoms with Gasteiger partial charge in [-0.05, 0) is 25.8 Å². The molecule has 2 aliphatic heterocycles. The van der Waals surface area contributed by atoms with Crippen LogP contribution in [-0.2, 0) is 16.0 Å². The lowest BCUT2D eigenvalue weighted by Crippen LogP contribution is -2.31. The van der Waals surface area contributed by atoms with Crippen LogP contribution in [0.1, 0.15) is 39.7 Å². The number of benzene rings is 1. The minimum atomic E-state index is -0.330. The van der Waals surface area contributed by atoms with Crippen LogP contribution < -0.4 is 14.8 Å². The molecule has 1 aromatic rings. The summed E-state index contributed by atoms with van der Waals surface area (Å²) in [5.74, 6) is 1.41. The van der Waals surface area contributed by atoms with Gasteiger partial charge in [0.25, 0.3) is 0 Å². The Morgan fingerprint density at radius 2 is 2.15 bits per heavy atom. The second-order valence-electron chi connectivity index (χ2n) is 7.60. The van der Waals surface area contributed by atoms with Gasteiger partial charge in [-0.15, -0.1) is 0 Å². The van der Waals surface area contributed by atoms with Gasteiger partial charge in [0.1, 0.15) is 17.6 Å². The maximum absolute atomic E-state index is 12.7. The highest BCUT2D eigenvalue weighted by molar-refractivity contribution is 5.98. The highest BCUT2D eigenvalue weighted by Crippen LogP contribution is 2.38. The van der Waals surface area contributed by atoms with E-state index in [0.717, 1.165) is 17.7 Å². The lowest BCUT2D eigenvalue weighted by atomic mass is 10.1.